The predicted octanol–water partition coefficient (Wildman–Crippen LogP) is 2.42. The summed E-state index contributed by atoms with van der Waals surface area (Å²) in [5, 5.41) is 4.97. The standard InChI is InChI=1S/C20H27ClN4O3S/c1-15-19(13-22-25(15)17-7-4-6-16(21)12-17)20(26)24(10-5-9-23(2)3)18-8-11-29(27,28)14-18/h4,6-7,12-13,18H,5,8-11,14H2,1-3H3. The lowest BCUT2D eigenvalue weighted by Crippen LogP contribution is -2.42. The Balaban J connectivity index is 1.87. The number of hydrogen-bond acceptors (Lipinski definition) is 5. The molecule has 9 heteroatoms. The van der Waals surface area contributed by atoms with E-state index >= 15 is 0 Å². The molecule has 1 aromatic carbocycles. The number of carbonyl (C=O) groups excluding carboxylic acids is 1. The number of amides is 1. The van der Waals surface area contributed by atoms with Crippen LogP contribution in [0.2, 0.25) is 5.02 Å². The van der Waals surface area contributed by atoms with Crippen molar-refractivity contribution in [2.75, 3.05) is 38.7 Å². The summed E-state index contributed by atoms with van der Waals surface area (Å²) in [7, 11) is 0.865. The highest BCUT2D eigenvalue weighted by Gasteiger charge is 2.35. The van der Waals surface area contributed by atoms with Crippen molar-refractivity contribution in [2.45, 2.75) is 25.8 Å². The average Bonchev–Trinajstić information content (AvgIpc) is 3.20. The van der Waals surface area contributed by atoms with Gasteiger partial charge in [-0.2, -0.15) is 5.10 Å². The molecule has 29 heavy (non-hydrogen) atoms. The second kappa shape index (κ2) is 8.85. The maximum Gasteiger partial charge on any atom is 0.257 e. The van der Waals surface area contributed by atoms with Gasteiger partial charge in [0.1, 0.15) is 0 Å². The molecule has 2 aromatic rings. The van der Waals surface area contributed by atoms with Crippen molar-refractivity contribution in [1.82, 2.24) is 19.6 Å². The minimum absolute atomic E-state index is 0.0299. The molecule has 0 spiro atoms. The van der Waals surface area contributed by atoms with Gasteiger partial charge in [-0.25, -0.2) is 13.1 Å². The Morgan fingerprint density at radius 2 is 2.07 bits per heavy atom. The maximum absolute atomic E-state index is 13.4. The summed E-state index contributed by atoms with van der Waals surface area (Å²) in [5.74, 6) is -0.00503. The molecule has 0 aliphatic carbocycles. The van der Waals surface area contributed by atoms with Gasteiger partial charge in [0.25, 0.3) is 5.91 Å². The van der Waals surface area contributed by atoms with Crippen molar-refractivity contribution in [3.63, 3.8) is 0 Å². The zero-order valence-electron chi connectivity index (χ0n) is 17.0. The molecule has 0 radical (unpaired) electrons. The Bertz CT molecular complexity index is 987. The molecule has 1 unspecified atom stereocenters. The van der Waals surface area contributed by atoms with Crippen LogP contribution in [0.1, 0.15) is 28.9 Å². The van der Waals surface area contributed by atoms with E-state index in [1.54, 1.807) is 27.9 Å². The van der Waals surface area contributed by atoms with Gasteiger partial charge in [0.15, 0.2) is 9.84 Å². The normalized spacial score (nSPS) is 18.3. The second-order valence-electron chi connectivity index (χ2n) is 7.75. The number of hydrogen-bond donors (Lipinski definition) is 0. The summed E-state index contributed by atoms with van der Waals surface area (Å²) in [6, 6.07) is 6.98. The third-order valence-electron chi connectivity index (χ3n) is 5.21. The summed E-state index contributed by atoms with van der Waals surface area (Å²) in [4.78, 5) is 17.2. The molecule has 1 aliphatic heterocycles. The number of halogens is 1. The molecule has 0 N–H and O–H groups in total. The molecule has 1 aromatic heterocycles. The molecule has 1 aliphatic rings. The van der Waals surface area contributed by atoms with E-state index in [0.717, 1.165) is 18.7 Å². The first kappa shape index (κ1) is 21.8. The van der Waals surface area contributed by atoms with Crippen LogP contribution in [0.5, 0.6) is 0 Å². The van der Waals surface area contributed by atoms with Crippen molar-refractivity contribution in [1.29, 1.82) is 0 Å². The van der Waals surface area contributed by atoms with Gasteiger partial charge in [0, 0.05) is 17.6 Å². The predicted molar refractivity (Wildman–Crippen MR) is 115 cm³/mol. The number of nitrogens with zero attached hydrogens (tertiary/aromatic N) is 4. The molecule has 0 bridgehead atoms. The van der Waals surface area contributed by atoms with E-state index in [4.69, 9.17) is 11.6 Å². The molecule has 3 rings (SSSR count). The Labute approximate surface area is 177 Å². The number of sulfone groups is 1. The molecule has 1 atom stereocenters. The van der Waals surface area contributed by atoms with Gasteiger partial charge in [-0.1, -0.05) is 17.7 Å². The van der Waals surface area contributed by atoms with Crippen LogP contribution >= 0.6 is 11.6 Å². The van der Waals surface area contributed by atoms with Crippen LogP contribution in [0.25, 0.3) is 5.69 Å². The first-order valence-electron chi connectivity index (χ1n) is 9.64. The van der Waals surface area contributed by atoms with Gasteiger partial charge in [0.2, 0.25) is 0 Å². The molecule has 0 saturated carbocycles. The summed E-state index contributed by atoms with van der Waals surface area (Å²) in [6.07, 6.45) is 2.81. The Kier molecular flexibility index (Phi) is 6.65. The smallest absolute Gasteiger partial charge is 0.257 e. The summed E-state index contributed by atoms with van der Waals surface area (Å²) in [5.41, 5.74) is 1.96. The van der Waals surface area contributed by atoms with E-state index in [9.17, 15) is 13.2 Å². The highest BCUT2D eigenvalue weighted by molar-refractivity contribution is 7.91. The fourth-order valence-electron chi connectivity index (χ4n) is 3.67. The molecule has 1 amide bonds. The van der Waals surface area contributed by atoms with Crippen LogP contribution < -0.4 is 0 Å². The van der Waals surface area contributed by atoms with E-state index in [0.29, 0.717) is 29.2 Å². The minimum atomic E-state index is -3.09. The molecule has 7 nitrogen and oxygen atoms in total. The van der Waals surface area contributed by atoms with Crippen LogP contribution in [0.3, 0.4) is 0 Å². The van der Waals surface area contributed by atoms with E-state index in [1.807, 2.05) is 33.2 Å². The van der Waals surface area contributed by atoms with E-state index in [-0.39, 0.29) is 23.5 Å². The average molecular weight is 439 g/mol. The Morgan fingerprint density at radius 1 is 1.31 bits per heavy atom. The lowest BCUT2D eigenvalue weighted by atomic mass is 10.1. The van der Waals surface area contributed by atoms with Crippen LogP contribution in [0.15, 0.2) is 30.5 Å². The largest absolute Gasteiger partial charge is 0.334 e. The topological polar surface area (TPSA) is 75.5 Å². The lowest BCUT2D eigenvalue weighted by Gasteiger charge is -2.29. The van der Waals surface area contributed by atoms with E-state index in [2.05, 4.69) is 10.00 Å². The highest BCUT2D eigenvalue weighted by Crippen LogP contribution is 2.23. The van der Waals surface area contributed by atoms with Gasteiger partial charge in [-0.05, 0) is 58.6 Å². The van der Waals surface area contributed by atoms with Crippen molar-refractivity contribution in [2.24, 2.45) is 0 Å². The quantitative estimate of drug-likeness (QED) is 0.663. The third kappa shape index (κ3) is 5.18. The number of aromatic nitrogens is 2. The third-order valence-corrected chi connectivity index (χ3v) is 7.19. The van der Waals surface area contributed by atoms with E-state index in [1.165, 1.54) is 0 Å². The second-order valence-corrected chi connectivity index (χ2v) is 10.4. The first-order valence-corrected chi connectivity index (χ1v) is 11.8. The summed E-state index contributed by atoms with van der Waals surface area (Å²) < 4.78 is 25.7. The lowest BCUT2D eigenvalue weighted by molar-refractivity contribution is 0.0689. The van der Waals surface area contributed by atoms with Crippen LogP contribution in [0, 0.1) is 6.92 Å². The molecule has 1 saturated heterocycles. The zero-order chi connectivity index (χ0) is 21.2. The van der Waals surface area contributed by atoms with Crippen molar-refractivity contribution >= 4 is 27.3 Å². The van der Waals surface area contributed by atoms with Gasteiger partial charge in [-0.15, -0.1) is 0 Å². The van der Waals surface area contributed by atoms with Gasteiger partial charge < -0.3 is 9.80 Å². The van der Waals surface area contributed by atoms with Gasteiger partial charge >= 0.3 is 0 Å². The Morgan fingerprint density at radius 3 is 2.69 bits per heavy atom. The summed E-state index contributed by atoms with van der Waals surface area (Å²) in [6.45, 7) is 3.17. The van der Waals surface area contributed by atoms with Gasteiger partial charge in [0.05, 0.1) is 34.6 Å². The van der Waals surface area contributed by atoms with Crippen LogP contribution in [-0.2, 0) is 9.84 Å². The molecule has 2 heterocycles. The molecular weight excluding hydrogens is 412 g/mol. The maximum atomic E-state index is 13.4. The van der Waals surface area contributed by atoms with Crippen molar-refractivity contribution in [3.05, 3.63) is 46.7 Å². The zero-order valence-corrected chi connectivity index (χ0v) is 18.6. The Hall–Kier alpha value is -1.90. The summed E-state index contributed by atoms with van der Waals surface area (Å²) >= 11 is 6.09. The highest BCUT2D eigenvalue weighted by atomic mass is 35.5. The first-order chi connectivity index (χ1) is 13.7. The molecule has 1 fully saturated rings. The number of benzene rings is 1. The SMILES string of the molecule is Cc1c(C(=O)N(CCCN(C)C)C2CCS(=O)(=O)C2)cnn1-c1cccc(Cl)c1. The van der Waals surface area contributed by atoms with Gasteiger partial charge in [-0.3, -0.25) is 4.79 Å². The molecule has 158 valence electrons. The van der Waals surface area contributed by atoms with Crippen LogP contribution in [0.4, 0.5) is 0 Å². The monoisotopic (exact) mass is 438 g/mol. The minimum Gasteiger partial charge on any atom is -0.334 e. The number of rotatable bonds is 7. The fourth-order valence-corrected chi connectivity index (χ4v) is 5.59. The van der Waals surface area contributed by atoms with Crippen molar-refractivity contribution in [3.8, 4) is 5.69 Å². The van der Waals surface area contributed by atoms with Crippen molar-refractivity contribution < 1.29 is 13.2 Å². The fraction of sp³-hybridized carbons (Fsp3) is 0.500. The van der Waals surface area contributed by atoms with E-state index < -0.39 is 9.84 Å². The van der Waals surface area contributed by atoms with Crippen LogP contribution in [-0.4, -0.2) is 78.6 Å². The molecular formula is C20H27ClN4O3S. The number of carbonyl (C=O) groups is 1.